The largest absolute Gasteiger partial charge is 0.384 e. The van der Waals surface area contributed by atoms with E-state index in [9.17, 15) is 9.50 Å². The molecule has 6 heteroatoms. The quantitative estimate of drug-likeness (QED) is 0.708. The van der Waals surface area contributed by atoms with Crippen LogP contribution >= 0.6 is 11.6 Å². The highest BCUT2D eigenvalue weighted by atomic mass is 35.5. The average molecular weight is 400 g/mol. The zero-order valence-corrected chi connectivity index (χ0v) is 16.6. The number of hydrogen-bond donors (Lipinski definition) is 1. The van der Waals surface area contributed by atoms with E-state index in [1.807, 2.05) is 6.07 Å². The van der Waals surface area contributed by atoms with Gasteiger partial charge < -0.3 is 9.67 Å². The number of aromatic nitrogens is 2. The Morgan fingerprint density at radius 1 is 1.29 bits per heavy atom. The summed E-state index contributed by atoms with van der Waals surface area (Å²) in [6, 6.07) is 8.49. The predicted octanol–water partition coefficient (Wildman–Crippen LogP) is 4.43. The Morgan fingerprint density at radius 3 is 2.86 bits per heavy atom. The summed E-state index contributed by atoms with van der Waals surface area (Å²) in [4.78, 5) is 7.18. The molecular weight excluding hydrogens is 377 g/mol. The van der Waals surface area contributed by atoms with Gasteiger partial charge in [0.1, 0.15) is 17.1 Å². The lowest BCUT2D eigenvalue weighted by Gasteiger charge is -2.32. The van der Waals surface area contributed by atoms with Crippen molar-refractivity contribution < 1.29 is 9.50 Å². The van der Waals surface area contributed by atoms with E-state index in [2.05, 4.69) is 14.5 Å². The number of rotatable bonds is 3. The Kier molecular flexibility index (Phi) is 4.23. The molecule has 0 saturated carbocycles. The van der Waals surface area contributed by atoms with Crippen molar-refractivity contribution in [2.24, 2.45) is 0 Å². The Balaban J connectivity index is 1.65. The van der Waals surface area contributed by atoms with E-state index in [0.29, 0.717) is 23.2 Å². The molecule has 0 spiro atoms. The van der Waals surface area contributed by atoms with Crippen LogP contribution in [-0.4, -0.2) is 32.6 Å². The SMILES string of the molecule is CC(O)(Cn1c2c(c3cc(Cl)cnc31)C1CCCN1CC2)c1ccc(F)cc1. The second kappa shape index (κ2) is 6.55. The van der Waals surface area contributed by atoms with Crippen molar-refractivity contribution in [3.63, 3.8) is 0 Å². The lowest BCUT2D eigenvalue weighted by molar-refractivity contribution is 0.0381. The van der Waals surface area contributed by atoms with Crippen LogP contribution in [0.3, 0.4) is 0 Å². The fourth-order valence-corrected chi connectivity index (χ4v) is 5.12. The summed E-state index contributed by atoms with van der Waals surface area (Å²) in [7, 11) is 0. The molecule has 1 N–H and O–H groups in total. The lowest BCUT2D eigenvalue weighted by atomic mass is 9.94. The van der Waals surface area contributed by atoms with Crippen molar-refractivity contribution in [3.8, 4) is 0 Å². The number of hydrogen-bond acceptors (Lipinski definition) is 3. The smallest absolute Gasteiger partial charge is 0.140 e. The molecule has 28 heavy (non-hydrogen) atoms. The average Bonchev–Trinajstić information content (AvgIpc) is 3.25. The van der Waals surface area contributed by atoms with E-state index in [1.54, 1.807) is 25.3 Å². The summed E-state index contributed by atoms with van der Waals surface area (Å²) in [5, 5.41) is 13.0. The maximum absolute atomic E-state index is 13.3. The molecule has 0 bridgehead atoms. The second-order valence-electron chi connectivity index (χ2n) is 8.20. The highest BCUT2D eigenvalue weighted by Gasteiger charge is 2.37. The number of pyridine rings is 1. The van der Waals surface area contributed by atoms with Crippen molar-refractivity contribution >= 4 is 22.6 Å². The van der Waals surface area contributed by atoms with Gasteiger partial charge in [-0.25, -0.2) is 9.37 Å². The first kappa shape index (κ1) is 18.1. The number of aliphatic hydroxyl groups is 1. The van der Waals surface area contributed by atoms with Gasteiger partial charge in [-0.05, 0) is 55.6 Å². The minimum atomic E-state index is -1.14. The molecule has 2 aromatic heterocycles. The highest BCUT2D eigenvalue weighted by molar-refractivity contribution is 6.31. The molecule has 3 aromatic rings. The van der Waals surface area contributed by atoms with Crippen LogP contribution in [-0.2, 0) is 18.6 Å². The van der Waals surface area contributed by atoms with Crippen molar-refractivity contribution in [3.05, 3.63) is 64.2 Å². The molecule has 4 nitrogen and oxygen atoms in total. The van der Waals surface area contributed by atoms with Crippen molar-refractivity contribution in [1.29, 1.82) is 0 Å². The van der Waals surface area contributed by atoms with Gasteiger partial charge in [-0.3, -0.25) is 4.90 Å². The minimum Gasteiger partial charge on any atom is -0.384 e. The zero-order valence-electron chi connectivity index (χ0n) is 15.8. The van der Waals surface area contributed by atoms with E-state index in [0.717, 1.165) is 37.0 Å². The van der Waals surface area contributed by atoms with Gasteiger partial charge in [0.25, 0.3) is 0 Å². The van der Waals surface area contributed by atoms with E-state index in [1.165, 1.54) is 29.8 Å². The topological polar surface area (TPSA) is 41.3 Å². The van der Waals surface area contributed by atoms with Crippen molar-refractivity contribution in [2.45, 2.75) is 44.4 Å². The summed E-state index contributed by atoms with van der Waals surface area (Å²) >= 11 is 6.29. The summed E-state index contributed by atoms with van der Waals surface area (Å²) in [6.45, 7) is 4.31. The third kappa shape index (κ3) is 2.84. The monoisotopic (exact) mass is 399 g/mol. The normalized spacial score (nSPS) is 21.5. The number of halogens is 2. The Hall–Kier alpha value is -1.95. The van der Waals surface area contributed by atoms with Crippen molar-refractivity contribution in [2.75, 3.05) is 13.1 Å². The predicted molar refractivity (Wildman–Crippen MR) is 108 cm³/mol. The van der Waals surface area contributed by atoms with Crippen LogP contribution in [0.4, 0.5) is 4.39 Å². The van der Waals surface area contributed by atoms with Crippen LogP contribution in [0.1, 0.15) is 42.6 Å². The van der Waals surface area contributed by atoms with Gasteiger partial charge in [-0.2, -0.15) is 0 Å². The summed E-state index contributed by atoms with van der Waals surface area (Å²) in [5.74, 6) is -0.305. The van der Waals surface area contributed by atoms with Crippen LogP contribution in [0.2, 0.25) is 5.02 Å². The van der Waals surface area contributed by atoms with Gasteiger partial charge in [-0.1, -0.05) is 23.7 Å². The minimum absolute atomic E-state index is 0.305. The van der Waals surface area contributed by atoms with Gasteiger partial charge >= 0.3 is 0 Å². The Labute approximate surface area is 168 Å². The first-order valence-electron chi connectivity index (χ1n) is 9.83. The molecular formula is C22H23ClFN3O. The van der Waals surface area contributed by atoms with Crippen molar-refractivity contribution in [1.82, 2.24) is 14.5 Å². The molecule has 1 fully saturated rings. The van der Waals surface area contributed by atoms with Crippen LogP contribution in [0.25, 0.3) is 11.0 Å². The van der Waals surface area contributed by atoms with E-state index in [4.69, 9.17) is 11.6 Å². The summed E-state index contributed by atoms with van der Waals surface area (Å²) in [6.07, 6.45) is 4.95. The molecule has 4 heterocycles. The van der Waals surface area contributed by atoms with E-state index in [-0.39, 0.29) is 5.82 Å². The summed E-state index contributed by atoms with van der Waals surface area (Å²) < 4.78 is 15.5. The first-order chi connectivity index (χ1) is 13.4. The fourth-order valence-electron chi connectivity index (χ4n) is 4.96. The maximum atomic E-state index is 13.3. The third-order valence-corrected chi connectivity index (χ3v) is 6.49. The van der Waals surface area contributed by atoms with E-state index < -0.39 is 5.60 Å². The first-order valence-corrected chi connectivity index (χ1v) is 10.2. The fraction of sp³-hybridized carbons (Fsp3) is 0.409. The molecule has 2 aliphatic rings. The second-order valence-corrected chi connectivity index (χ2v) is 8.63. The molecule has 146 valence electrons. The molecule has 0 amide bonds. The van der Waals surface area contributed by atoms with Gasteiger partial charge in [0.05, 0.1) is 11.6 Å². The summed E-state index contributed by atoms with van der Waals surface area (Å²) in [5.41, 5.74) is 2.99. The maximum Gasteiger partial charge on any atom is 0.140 e. The van der Waals surface area contributed by atoms with Crippen LogP contribution in [0.15, 0.2) is 36.5 Å². The number of benzene rings is 1. The third-order valence-electron chi connectivity index (χ3n) is 6.28. The van der Waals surface area contributed by atoms with Crippen LogP contribution in [0, 0.1) is 5.82 Å². The molecule has 1 saturated heterocycles. The van der Waals surface area contributed by atoms with Gasteiger partial charge in [0.15, 0.2) is 0 Å². The van der Waals surface area contributed by atoms with Gasteiger partial charge in [0, 0.05) is 36.3 Å². The number of nitrogens with zero attached hydrogens (tertiary/aromatic N) is 3. The Bertz CT molecular complexity index is 1040. The Morgan fingerprint density at radius 2 is 2.07 bits per heavy atom. The molecule has 2 atom stereocenters. The molecule has 0 radical (unpaired) electrons. The highest BCUT2D eigenvalue weighted by Crippen LogP contribution is 2.43. The van der Waals surface area contributed by atoms with Crippen LogP contribution in [0.5, 0.6) is 0 Å². The molecule has 2 unspecified atom stereocenters. The van der Waals surface area contributed by atoms with Gasteiger partial charge in [-0.15, -0.1) is 0 Å². The molecule has 5 rings (SSSR count). The lowest BCUT2D eigenvalue weighted by Crippen LogP contribution is -2.33. The molecule has 2 aliphatic heterocycles. The number of fused-ring (bicyclic) bond motifs is 5. The van der Waals surface area contributed by atoms with E-state index >= 15 is 0 Å². The molecule has 1 aromatic carbocycles. The van der Waals surface area contributed by atoms with Gasteiger partial charge in [0.2, 0.25) is 0 Å². The zero-order chi connectivity index (χ0) is 19.5. The standard InChI is InChI=1S/C22H23ClFN3O/c1-22(28,14-4-6-16(24)7-5-14)13-27-19-8-10-26-9-2-3-18(26)20(19)17-11-15(23)12-25-21(17)27/h4-7,11-12,18,28H,2-3,8-10,13H2,1H3. The molecule has 0 aliphatic carbocycles. The van der Waals surface area contributed by atoms with Crippen LogP contribution < -0.4 is 0 Å².